The number of sulfonamides is 1. The maximum Gasteiger partial charge on any atom is 0.271 e. The van der Waals surface area contributed by atoms with Crippen molar-refractivity contribution in [1.82, 2.24) is 5.32 Å². The molecule has 0 atom stereocenters. The molecule has 1 aromatic carbocycles. The fourth-order valence-electron chi connectivity index (χ4n) is 2.22. The van der Waals surface area contributed by atoms with Crippen LogP contribution in [-0.2, 0) is 23.0 Å². The topological polar surface area (TPSA) is 58.2 Å². The van der Waals surface area contributed by atoms with Crippen molar-refractivity contribution in [2.45, 2.75) is 17.2 Å². The van der Waals surface area contributed by atoms with Gasteiger partial charge in [0.2, 0.25) is 0 Å². The molecule has 2 heterocycles. The van der Waals surface area contributed by atoms with E-state index in [1.165, 1.54) is 16.9 Å². The second-order valence-corrected chi connectivity index (χ2v) is 7.26. The first-order chi connectivity index (χ1) is 9.17. The van der Waals surface area contributed by atoms with E-state index in [9.17, 15) is 8.42 Å². The van der Waals surface area contributed by atoms with Crippen LogP contribution in [0.1, 0.15) is 11.1 Å². The fraction of sp³-hybridized carbons (Fsp3) is 0.231. The SMILES string of the molecule is O=S(=O)(Nc1cccc2c1CNCC2)c1cccs1. The van der Waals surface area contributed by atoms with Crippen LogP contribution in [0.15, 0.2) is 39.9 Å². The Morgan fingerprint density at radius 2 is 2.11 bits per heavy atom. The molecule has 0 spiro atoms. The Balaban J connectivity index is 1.96. The average Bonchev–Trinajstić information content (AvgIpc) is 2.93. The number of hydrogen-bond acceptors (Lipinski definition) is 4. The van der Waals surface area contributed by atoms with E-state index in [2.05, 4.69) is 16.1 Å². The third-order valence-electron chi connectivity index (χ3n) is 3.15. The first-order valence-electron chi connectivity index (χ1n) is 6.04. The lowest BCUT2D eigenvalue weighted by atomic mass is 10.00. The summed E-state index contributed by atoms with van der Waals surface area (Å²) >= 11 is 1.22. The van der Waals surface area contributed by atoms with Crippen LogP contribution in [-0.4, -0.2) is 15.0 Å². The minimum atomic E-state index is -3.46. The van der Waals surface area contributed by atoms with Crippen molar-refractivity contribution in [3.8, 4) is 0 Å². The molecule has 0 fully saturated rings. The van der Waals surface area contributed by atoms with Gasteiger partial charge >= 0.3 is 0 Å². The lowest BCUT2D eigenvalue weighted by Gasteiger charge is -2.20. The fourth-order valence-corrected chi connectivity index (χ4v) is 4.31. The molecule has 0 saturated carbocycles. The van der Waals surface area contributed by atoms with E-state index in [0.29, 0.717) is 16.4 Å². The van der Waals surface area contributed by atoms with Gasteiger partial charge in [-0.05, 0) is 41.6 Å². The highest BCUT2D eigenvalue weighted by molar-refractivity contribution is 7.94. The van der Waals surface area contributed by atoms with Crippen molar-refractivity contribution < 1.29 is 8.42 Å². The van der Waals surface area contributed by atoms with Gasteiger partial charge in [-0.15, -0.1) is 11.3 Å². The zero-order valence-corrected chi connectivity index (χ0v) is 11.9. The predicted molar refractivity (Wildman–Crippen MR) is 77.0 cm³/mol. The number of hydrogen-bond donors (Lipinski definition) is 2. The summed E-state index contributed by atoms with van der Waals surface area (Å²) in [5.41, 5.74) is 2.94. The van der Waals surface area contributed by atoms with Gasteiger partial charge in [-0.25, -0.2) is 8.42 Å². The first kappa shape index (κ1) is 12.7. The molecule has 4 nitrogen and oxygen atoms in total. The van der Waals surface area contributed by atoms with Crippen molar-refractivity contribution in [2.24, 2.45) is 0 Å². The maximum absolute atomic E-state index is 12.2. The van der Waals surface area contributed by atoms with Gasteiger partial charge in [-0.1, -0.05) is 18.2 Å². The molecule has 1 aliphatic rings. The maximum atomic E-state index is 12.2. The number of nitrogens with one attached hydrogen (secondary N) is 2. The lowest BCUT2D eigenvalue weighted by molar-refractivity contribution is 0.602. The van der Waals surface area contributed by atoms with E-state index in [4.69, 9.17) is 0 Å². The highest BCUT2D eigenvalue weighted by Crippen LogP contribution is 2.26. The van der Waals surface area contributed by atoms with Gasteiger partial charge in [0.15, 0.2) is 0 Å². The third-order valence-corrected chi connectivity index (χ3v) is 5.91. The van der Waals surface area contributed by atoms with Gasteiger partial charge in [-0.3, -0.25) is 4.72 Å². The normalized spacial score (nSPS) is 14.9. The van der Waals surface area contributed by atoms with Gasteiger partial charge in [0.05, 0.1) is 5.69 Å². The van der Waals surface area contributed by atoms with E-state index in [1.54, 1.807) is 17.5 Å². The Hall–Kier alpha value is -1.37. The van der Waals surface area contributed by atoms with E-state index in [-0.39, 0.29) is 0 Å². The van der Waals surface area contributed by atoms with Crippen LogP contribution in [0.2, 0.25) is 0 Å². The van der Waals surface area contributed by atoms with E-state index in [0.717, 1.165) is 18.5 Å². The van der Waals surface area contributed by atoms with Gasteiger partial charge < -0.3 is 5.32 Å². The monoisotopic (exact) mass is 294 g/mol. The Morgan fingerprint density at radius 1 is 1.21 bits per heavy atom. The van der Waals surface area contributed by atoms with Gasteiger partial charge in [0.25, 0.3) is 10.0 Å². The Morgan fingerprint density at radius 3 is 2.89 bits per heavy atom. The van der Waals surface area contributed by atoms with Crippen LogP contribution in [0.3, 0.4) is 0 Å². The summed E-state index contributed by atoms with van der Waals surface area (Å²) in [7, 11) is -3.46. The van der Waals surface area contributed by atoms with E-state index >= 15 is 0 Å². The minimum Gasteiger partial charge on any atom is -0.312 e. The summed E-state index contributed by atoms with van der Waals surface area (Å²) < 4.78 is 27.5. The standard InChI is InChI=1S/C13H14N2O2S2/c16-19(17,13-5-2-8-18-13)15-12-4-1-3-10-6-7-14-9-11(10)12/h1-5,8,14-15H,6-7,9H2. The largest absolute Gasteiger partial charge is 0.312 e. The zero-order chi connectivity index (χ0) is 13.3. The van der Waals surface area contributed by atoms with Gasteiger partial charge in [0, 0.05) is 6.54 Å². The average molecular weight is 294 g/mol. The van der Waals surface area contributed by atoms with Crippen molar-refractivity contribution >= 4 is 27.0 Å². The Labute approximate surface area is 116 Å². The van der Waals surface area contributed by atoms with Crippen molar-refractivity contribution in [1.29, 1.82) is 0 Å². The van der Waals surface area contributed by atoms with Crippen LogP contribution < -0.4 is 10.0 Å². The second kappa shape index (κ2) is 4.96. The number of anilines is 1. The third kappa shape index (κ3) is 2.51. The molecule has 2 aromatic rings. The first-order valence-corrected chi connectivity index (χ1v) is 8.41. The van der Waals surface area contributed by atoms with Crippen LogP contribution in [0.5, 0.6) is 0 Å². The molecule has 1 aromatic heterocycles. The summed E-state index contributed by atoms with van der Waals surface area (Å²) in [6, 6.07) is 9.12. The minimum absolute atomic E-state index is 0.342. The Kier molecular flexibility index (Phi) is 3.30. The van der Waals surface area contributed by atoms with Crippen molar-refractivity contribution in [3.05, 3.63) is 46.8 Å². The molecule has 100 valence electrons. The highest BCUT2D eigenvalue weighted by atomic mass is 32.2. The molecule has 0 bridgehead atoms. The predicted octanol–water partition coefficient (Wildman–Crippen LogP) is 2.19. The highest BCUT2D eigenvalue weighted by Gasteiger charge is 2.19. The molecular formula is C13H14N2O2S2. The molecule has 6 heteroatoms. The number of fused-ring (bicyclic) bond motifs is 1. The molecular weight excluding hydrogens is 280 g/mol. The van der Waals surface area contributed by atoms with Crippen LogP contribution in [0.4, 0.5) is 5.69 Å². The van der Waals surface area contributed by atoms with Crippen LogP contribution in [0.25, 0.3) is 0 Å². The molecule has 3 rings (SSSR count). The molecule has 19 heavy (non-hydrogen) atoms. The molecule has 0 unspecified atom stereocenters. The number of benzene rings is 1. The van der Waals surface area contributed by atoms with Crippen molar-refractivity contribution in [2.75, 3.05) is 11.3 Å². The van der Waals surface area contributed by atoms with Crippen LogP contribution in [0, 0.1) is 0 Å². The van der Waals surface area contributed by atoms with Crippen LogP contribution >= 0.6 is 11.3 Å². The smallest absolute Gasteiger partial charge is 0.271 e. The van der Waals surface area contributed by atoms with E-state index < -0.39 is 10.0 Å². The van der Waals surface area contributed by atoms with Crippen molar-refractivity contribution in [3.63, 3.8) is 0 Å². The zero-order valence-electron chi connectivity index (χ0n) is 10.2. The summed E-state index contributed by atoms with van der Waals surface area (Å²) in [6.45, 7) is 1.65. The van der Waals surface area contributed by atoms with Gasteiger partial charge in [-0.2, -0.15) is 0 Å². The second-order valence-electron chi connectivity index (χ2n) is 4.41. The van der Waals surface area contributed by atoms with E-state index in [1.807, 2.05) is 12.1 Å². The molecule has 0 radical (unpaired) electrons. The molecule has 1 aliphatic heterocycles. The lowest BCUT2D eigenvalue weighted by Crippen LogP contribution is -2.25. The summed E-state index contributed by atoms with van der Waals surface area (Å²) in [4.78, 5) is 0. The number of rotatable bonds is 3. The summed E-state index contributed by atoms with van der Waals surface area (Å²) in [5.74, 6) is 0. The summed E-state index contributed by atoms with van der Waals surface area (Å²) in [6.07, 6.45) is 0.934. The number of thiophene rings is 1. The molecule has 0 amide bonds. The molecule has 0 aliphatic carbocycles. The summed E-state index contributed by atoms with van der Waals surface area (Å²) in [5, 5.41) is 5.03. The molecule has 0 saturated heterocycles. The molecule has 2 N–H and O–H groups in total. The van der Waals surface area contributed by atoms with Gasteiger partial charge in [0.1, 0.15) is 4.21 Å². The Bertz CT molecular complexity index is 679. The quantitative estimate of drug-likeness (QED) is 0.912.